The first-order valence-electron chi connectivity index (χ1n) is 7.72. The highest BCUT2D eigenvalue weighted by Gasteiger charge is 2.11. The summed E-state index contributed by atoms with van der Waals surface area (Å²) in [6.07, 6.45) is 1.65. The zero-order chi connectivity index (χ0) is 17.2. The second-order valence-corrected chi connectivity index (χ2v) is 6.50. The molecule has 3 heterocycles. The van der Waals surface area contributed by atoms with Crippen LogP contribution in [-0.2, 0) is 0 Å². The van der Waals surface area contributed by atoms with Crippen LogP contribution in [0.2, 0.25) is 0 Å². The lowest BCUT2D eigenvalue weighted by molar-refractivity contribution is 0.0950. The number of para-hydroxylation sites is 1. The number of aromatic amines is 2. The summed E-state index contributed by atoms with van der Waals surface area (Å²) in [7, 11) is 0. The molecule has 6 nitrogen and oxygen atoms in total. The lowest BCUT2D eigenvalue weighted by atomic mass is 10.1. The Morgan fingerprint density at radius 2 is 2.16 bits per heavy atom. The number of H-pyrrole nitrogens is 2. The molecule has 0 aliphatic heterocycles. The average molecular weight is 349 g/mol. The molecule has 0 aliphatic rings. The first kappa shape index (κ1) is 15.3. The van der Waals surface area contributed by atoms with Crippen LogP contribution in [0.4, 0.5) is 0 Å². The molecule has 124 valence electrons. The number of carbonyl (C=O) groups excluding carboxylic acids is 1. The number of nitrogens with one attached hydrogen (secondary N) is 3. The van der Waals surface area contributed by atoms with Crippen LogP contribution in [0, 0.1) is 6.92 Å². The van der Waals surface area contributed by atoms with E-state index in [1.54, 1.807) is 23.6 Å². The van der Waals surface area contributed by atoms with E-state index >= 15 is 0 Å². The van der Waals surface area contributed by atoms with Gasteiger partial charge in [0.2, 0.25) is 0 Å². The van der Waals surface area contributed by atoms with Crippen LogP contribution in [0.15, 0.2) is 52.9 Å². The first-order valence-corrected chi connectivity index (χ1v) is 8.60. The predicted octanol–water partition coefficient (Wildman–Crippen LogP) is 3.69. The minimum atomic E-state index is -0.354. The predicted molar refractivity (Wildman–Crippen MR) is 100.0 cm³/mol. The summed E-state index contributed by atoms with van der Waals surface area (Å²) in [5.41, 5.74) is 6.64. The molecule has 0 atom stereocenters. The van der Waals surface area contributed by atoms with Crippen molar-refractivity contribution in [3.8, 4) is 10.6 Å². The molecular formula is C18H15N5OS. The van der Waals surface area contributed by atoms with Crippen molar-refractivity contribution in [3.63, 3.8) is 0 Å². The maximum atomic E-state index is 12.2. The third kappa shape index (κ3) is 2.97. The maximum absolute atomic E-state index is 12.2. The van der Waals surface area contributed by atoms with Gasteiger partial charge in [0.1, 0.15) is 0 Å². The Labute approximate surface area is 147 Å². The SMILES string of the molecule is Cc1[nH]c2ccccc2c1/C=N/NC(=O)c1cc(-c2cccs2)[nH]n1. The number of hydrogen-bond acceptors (Lipinski definition) is 4. The smallest absolute Gasteiger partial charge is 0.291 e. The summed E-state index contributed by atoms with van der Waals surface area (Å²) in [6.45, 7) is 1.98. The molecule has 7 heteroatoms. The van der Waals surface area contributed by atoms with Crippen molar-refractivity contribution in [3.05, 3.63) is 64.8 Å². The maximum Gasteiger partial charge on any atom is 0.291 e. The Bertz CT molecular complexity index is 1060. The molecule has 0 saturated heterocycles. The molecule has 0 fully saturated rings. The van der Waals surface area contributed by atoms with E-state index in [9.17, 15) is 4.79 Å². The van der Waals surface area contributed by atoms with E-state index in [1.807, 2.05) is 48.7 Å². The van der Waals surface area contributed by atoms with E-state index in [0.29, 0.717) is 5.69 Å². The second-order valence-electron chi connectivity index (χ2n) is 5.55. The number of amides is 1. The third-order valence-corrected chi connectivity index (χ3v) is 4.80. The molecule has 0 spiro atoms. The summed E-state index contributed by atoms with van der Waals surface area (Å²) in [5, 5.41) is 14.0. The van der Waals surface area contributed by atoms with Crippen molar-refractivity contribution >= 4 is 34.4 Å². The highest BCUT2D eigenvalue weighted by molar-refractivity contribution is 7.13. The number of hydrazone groups is 1. The zero-order valence-electron chi connectivity index (χ0n) is 13.4. The molecule has 0 saturated carbocycles. The summed E-state index contributed by atoms with van der Waals surface area (Å²) in [5.74, 6) is -0.354. The summed E-state index contributed by atoms with van der Waals surface area (Å²) >= 11 is 1.58. The fourth-order valence-electron chi connectivity index (χ4n) is 2.67. The van der Waals surface area contributed by atoms with Gasteiger partial charge in [0.05, 0.1) is 16.8 Å². The normalized spacial score (nSPS) is 11.4. The summed E-state index contributed by atoms with van der Waals surface area (Å²) in [6, 6.07) is 13.6. The fraction of sp³-hybridized carbons (Fsp3) is 0.0556. The molecule has 1 amide bonds. The van der Waals surface area contributed by atoms with E-state index in [-0.39, 0.29) is 5.91 Å². The quantitative estimate of drug-likeness (QED) is 0.388. The van der Waals surface area contributed by atoms with Gasteiger partial charge in [-0.3, -0.25) is 9.89 Å². The van der Waals surface area contributed by atoms with Crippen molar-refractivity contribution in [2.75, 3.05) is 0 Å². The van der Waals surface area contributed by atoms with Gasteiger partial charge in [0.25, 0.3) is 5.91 Å². The van der Waals surface area contributed by atoms with Gasteiger partial charge < -0.3 is 4.98 Å². The third-order valence-electron chi connectivity index (χ3n) is 3.90. The van der Waals surface area contributed by atoms with Gasteiger partial charge in [-0.1, -0.05) is 24.3 Å². The van der Waals surface area contributed by atoms with E-state index in [1.165, 1.54) is 0 Å². The molecule has 25 heavy (non-hydrogen) atoms. The van der Waals surface area contributed by atoms with Crippen LogP contribution >= 0.6 is 11.3 Å². The van der Waals surface area contributed by atoms with Crippen LogP contribution in [0.5, 0.6) is 0 Å². The van der Waals surface area contributed by atoms with Gasteiger partial charge in [0, 0.05) is 22.2 Å². The number of rotatable bonds is 4. The van der Waals surface area contributed by atoms with Gasteiger partial charge in [-0.2, -0.15) is 10.2 Å². The van der Waals surface area contributed by atoms with E-state index < -0.39 is 0 Å². The lowest BCUT2D eigenvalue weighted by Crippen LogP contribution is -2.18. The number of aryl methyl sites for hydroxylation is 1. The monoisotopic (exact) mass is 349 g/mol. The molecular weight excluding hydrogens is 334 g/mol. The van der Waals surface area contributed by atoms with Gasteiger partial charge in [-0.15, -0.1) is 11.3 Å². The molecule has 0 bridgehead atoms. The van der Waals surface area contributed by atoms with Crippen LogP contribution in [-0.4, -0.2) is 27.3 Å². The van der Waals surface area contributed by atoms with Crippen LogP contribution in [0.25, 0.3) is 21.5 Å². The Morgan fingerprint density at radius 1 is 1.28 bits per heavy atom. The Kier molecular flexibility index (Phi) is 3.91. The zero-order valence-corrected chi connectivity index (χ0v) is 14.2. The number of fused-ring (bicyclic) bond motifs is 1. The molecule has 1 aromatic carbocycles. The number of thiophene rings is 1. The van der Waals surface area contributed by atoms with Gasteiger partial charge in [0.15, 0.2) is 5.69 Å². The lowest BCUT2D eigenvalue weighted by Gasteiger charge is -1.96. The highest BCUT2D eigenvalue weighted by Crippen LogP contribution is 2.23. The summed E-state index contributed by atoms with van der Waals surface area (Å²) < 4.78 is 0. The van der Waals surface area contributed by atoms with Gasteiger partial charge in [-0.05, 0) is 30.5 Å². The average Bonchev–Trinajstić information content (AvgIpc) is 3.34. The number of hydrogen-bond donors (Lipinski definition) is 3. The van der Waals surface area contributed by atoms with E-state index in [4.69, 9.17) is 0 Å². The fourth-order valence-corrected chi connectivity index (χ4v) is 3.37. The van der Waals surface area contributed by atoms with Gasteiger partial charge in [-0.25, -0.2) is 5.43 Å². The molecule has 4 rings (SSSR count). The Hall–Kier alpha value is -3.19. The molecule has 3 aromatic heterocycles. The minimum Gasteiger partial charge on any atom is -0.358 e. The number of nitrogens with zero attached hydrogens (tertiary/aromatic N) is 2. The molecule has 4 aromatic rings. The Balaban J connectivity index is 1.50. The van der Waals surface area contributed by atoms with Crippen LogP contribution in [0.1, 0.15) is 21.7 Å². The largest absolute Gasteiger partial charge is 0.358 e. The molecule has 0 radical (unpaired) electrons. The Morgan fingerprint density at radius 3 is 3.00 bits per heavy atom. The van der Waals surface area contributed by atoms with Crippen molar-refractivity contribution in [1.82, 2.24) is 20.6 Å². The van der Waals surface area contributed by atoms with Crippen molar-refractivity contribution in [2.45, 2.75) is 6.92 Å². The summed E-state index contributed by atoms with van der Waals surface area (Å²) in [4.78, 5) is 16.5. The number of aromatic nitrogens is 3. The topological polar surface area (TPSA) is 85.9 Å². The van der Waals surface area contributed by atoms with Crippen molar-refractivity contribution < 1.29 is 4.79 Å². The number of benzene rings is 1. The van der Waals surface area contributed by atoms with E-state index in [0.717, 1.165) is 32.7 Å². The molecule has 0 aliphatic carbocycles. The van der Waals surface area contributed by atoms with Crippen LogP contribution < -0.4 is 5.43 Å². The minimum absolute atomic E-state index is 0.302. The molecule has 0 unspecified atom stereocenters. The van der Waals surface area contributed by atoms with Gasteiger partial charge >= 0.3 is 0 Å². The highest BCUT2D eigenvalue weighted by atomic mass is 32.1. The first-order chi connectivity index (χ1) is 12.2. The van der Waals surface area contributed by atoms with Crippen molar-refractivity contribution in [1.29, 1.82) is 0 Å². The second kappa shape index (κ2) is 6.37. The van der Waals surface area contributed by atoms with Crippen LogP contribution in [0.3, 0.4) is 0 Å². The molecule has 3 N–H and O–H groups in total. The standard InChI is InChI=1S/C18H15N5OS/c1-11-13(12-5-2-3-6-14(12)20-11)10-19-23-18(24)16-9-15(21-22-16)17-7-4-8-25-17/h2-10,20H,1H3,(H,21,22)(H,23,24)/b19-10+. The van der Waals surface area contributed by atoms with Crippen molar-refractivity contribution in [2.24, 2.45) is 5.10 Å². The van der Waals surface area contributed by atoms with E-state index in [2.05, 4.69) is 25.7 Å². The number of carbonyl (C=O) groups is 1.